The fraction of sp³-hybridized carbons (Fsp3) is 0.684. The SMILES string of the molecule is Cc1cccc([C@H](C)N2CCC(OC3CCOCC3)CC2)c1. The van der Waals surface area contributed by atoms with E-state index >= 15 is 0 Å². The van der Waals surface area contributed by atoms with Gasteiger partial charge in [0.1, 0.15) is 0 Å². The van der Waals surface area contributed by atoms with Crippen LogP contribution in [0.4, 0.5) is 0 Å². The predicted octanol–water partition coefficient (Wildman–Crippen LogP) is 3.72. The summed E-state index contributed by atoms with van der Waals surface area (Å²) in [6, 6.07) is 9.41. The Kier molecular flexibility index (Phi) is 5.51. The van der Waals surface area contributed by atoms with Gasteiger partial charge in [0.2, 0.25) is 0 Å². The van der Waals surface area contributed by atoms with Gasteiger partial charge in [-0.05, 0) is 45.1 Å². The quantitative estimate of drug-likeness (QED) is 0.846. The molecule has 2 saturated heterocycles. The number of benzene rings is 1. The molecule has 0 saturated carbocycles. The molecule has 0 bridgehead atoms. The number of hydrogen-bond donors (Lipinski definition) is 0. The number of likely N-dealkylation sites (tertiary alicyclic amines) is 1. The monoisotopic (exact) mass is 303 g/mol. The maximum atomic E-state index is 6.28. The zero-order chi connectivity index (χ0) is 15.4. The van der Waals surface area contributed by atoms with E-state index < -0.39 is 0 Å². The van der Waals surface area contributed by atoms with Crippen LogP contribution in [0.2, 0.25) is 0 Å². The highest BCUT2D eigenvalue weighted by molar-refractivity contribution is 5.24. The van der Waals surface area contributed by atoms with Gasteiger partial charge in [0.25, 0.3) is 0 Å². The van der Waals surface area contributed by atoms with Crippen LogP contribution in [0.15, 0.2) is 24.3 Å². The molecule has 2 aliphatic heterocycles. The third-order valence-electron chi connectivity index (χ3n) is 5.10. The lowest BCUT2D eigenvalue weighted by atomic mass is 10.00. The lowest BCUT2D eigenvalue weighted by Gasteiger charge is -2.38. The Balaban J connectivity index is 1.48. The minimum Gasteiger partial charge on any atom is -0.381 e. The molecule has 3 nitrogen and oxygen atoms in total. The van der Waals surface area contributed by atoms with Gasteiger partial charge in [-0.3, -0.25) is 4.90 Å². The van der Waals surface area contributed by atoms with Crippen molar-refractivity contribution in [2.24, 2.45) is 0 Å². The molecule has 1 aromatic carbocycles. The van der Waals surface area contributed by atoms with E-state index in [1.165, 1.54) is 11.1 Å². The Morgan fingerprint density at radius 2 is 1.77 bits per heavy atom. The number of aryl methyl sites for hydroxylation is 1. The van der Waals surface area contributed by atoms with E-state index in [0.29, 0.717) is 18.2 Å². The molecule has 2 heterocycles. The summed E-state index contributed by atoms with van der Waals surface area (Å²) in [5, 5.41) is 0. The molecule has 0 aliphatic carbocycles. The summed E-state index contributed by atoms with van der Waals surface area (Å²) in [5.41, 5.74) is 2.78. The maximum Gasteiger partial charge on any atom is 0.0622 e. The Morgan fingerprint density at radius 3 is 2.45 bits per heavy atom. The smallest absolute Gasteiger partial charge is 0.0622 e. The van der Waals surface area contributed by atoms with E-state index in [1.54, 1.807) is 0 Å². The van der Waals surface area contributed by atoms with Crippen molar-refractivity contribution >= 4 is 0 Å². The number of ether oxygens (including phenoxy) is 2. The van der Waals surface area contributed by atoms with Crippen LogP contribution in [0.5, 0.6) is 0 Å². The van der Waals surface area contributed by atoms with Crippen LogP contribution in [0, 0.1) is 6.92 Å². The molecule has 0 radical (unpaired) electrons. The highest BCUT2D eigenvalue weighted by Crippen LogP contribution is 2.27. The first kappa shape index (κ1) is 16.0. The van der Waals surface area contributed by atoms with Gasteiger partial charge in [0, 0.05) is 32.3 Å². The molecule has 2 aliphatic rings. The van der Waals surface area contributed by atoms with Crippen LogP contribution in [-0.4, -0.2) is 43.4 Å². The van der Waals surface area contributed by atoms with E-state index in [4.69, 9.17) is 9.47 Å². The number of rotatable bonds is 4. The van der Waals surface area contributed by atoms with Crippen molar-refractivity contribution in [3.63, 3.8) is 0 Å². The minimum atomic E-state index is 0.430. The molecule has 0 spiro atoms. The van der Waals surface area contributed by atoms with Crippen molar-refractivity contribution in [1.82, 2.24) is 4.90 Å². The van der Waals surface area contributed by atoms with Gasteiger partial charge >= 0.3 is 0 Å². The first-order valence-corrected chi connectivity index (χ1v) is 8.76. The summed E-state index contributed by atoms with van der Waals surface area (Å²) >= 11 is 0. The minimum absolute atomic E-state index is 0.430. The van der Waals surface area contributed by atoms with Crippen LogP contribution in [0.1, 0.15) is 49.8 Å². The Bertz CT molecular complexity index is 462. The van der Waals surface area contributed by atoms with Crippen molar-refractivity contribution in [2.75, 3.05) is 26.3 Å². The van der Waals surface area contributed by atoms with Crippen molar-refractivity contribution in [3.05, 3.63) is 35.4 Å². The van der Waals surface area contributed by atoms with E-state index in [0.717, 1.165) is 52.0 Å². The molecule has 0 N–H and O–H groups in total. The molecule has 1 aromatic rings. The van der Waals surface area contributed by atoms with Gasteiger partial charge in [0.05, 0.1) is 12.2 Å². The van der Waals surface area contributed by atoms with Crippen molar-refractivity contribution in [3.8, 4) is 0 Å². The third-order valence-corrected chi connectivity index (χ3v) is 5.10. The first-order chi connectivity index (χ1) is 10.7. The highest BCUT2D eigenvalue weighted by atomic mass is 16.5. The molecular weight excluding hydrogens is 274 g/mol. The lowest BCUT2D eigenvalue weighted by molar-refractivity contribution is -0.0869. The first-order valence-electron chi connectivity index (χ1n) is 8.76. The van der Waals surface area contributed by atoms with E-state index in [-0.39, 0.29) is 0 Å². The van der Waals surface area contributed by atoms with Crippen LogP contribution in [-0.2, 0) is 9.47 Å². The number of piperidine rings is 1. The van der Waals surface area contributed by atoms with Crippen LogP contribution >= 0.6 is 0 Å². The number of nitrogens with zero attached hydrogens (tertiary/aromatic N) is 1. The second kappa shape index (κ2) is 7.58. The average molecular weight is 303 g/mol. The average Bonchev–Trinajstić information content (AvgIpc) is 2.56. The van der Waals surface area contributed by atoms with Crippen molar-refractivity contribution in [2.45, 2.75) is 57.8 Å². The van der Waals surface area contributed by atoms with Crippen LogP contribution < -0.4 is 0 Å². The Morgan fingerprint density at radius 1 is 1.09 bits per heavy atom. The molecule has 2 fully saturated rings. The van der Waals surface area contributed by atoms with Gasteiger partial charge in [-0.1, -0.05) is 29.8 Å². The predicted molar refractivity (Wildman–Crippen MR) is 89.1 cm³/mol. The summed E-state index contributed by atoms with van der Waals surface area (Å²) in [7, 11) is 0. The molecule has 3 heteroatoms. The molecule has 0 unspecified atom stereocenters. The Hall–Kier alpha value is -0.900. The molecule has 122 valence electrons. The fourth-order valence-electron chi connectivity index (χ4n) is 3.62. The van der Waals surface area contributed by atoms with Gasteiger partial charge in [-0.25, -0.2) is 0 Å². The summed E-state index contributed by atoms with van der Waals surface area (Å²) < 4.78 is 11.7. The van der Waals surface area contributed by atoms with E-state index in [2.05, 4.69) is 43.0 Å². The van der Waals surface area contributed by atoms with Gasteiger partial charge < -0.3 is 9.47 Å². The molecule has 22 heavy (non-hydrogen) atoms. The highest BCUT2D eigenvalue weighted by Gasteiger charge is 2.26. The second-order valence-electron chi connectivity index (χ2n) is 6.77. The van der Waals surface area contributed by atoms with Crippen molar-refractivity contribution < 1.29 is 9.47 Å². The molecule has 0 aromatic heterocycles. The number of hydrogen-bond acceptors (Lipinski definition) is 3. The zero-order valence-corrected chi connectivity index (χ0v) is 14.0. The molecule has 0 amide bonds. The molecule has 3 rings (SSSR count). The summed E-state index contributed by atoms with van der Waals surface area (Å²) in [6.07, 6.45) is 5.34. The second-order valence-corrected chi connectivity index (χ2v) is 6.77. The maximum absolute atomic E-state index is 6.28. The van der Waals surface area contributed by atoms with Gasteiger partial charge in [0.15, 0.2) is 0 Å². The Labute approximate surface area is 134 Å². The van der Waals surface area contributed by atoms with Crippen LogP contribution in [0.3, 0.4) is 0 Å². The van der Waals surface area contributed by atoms with E-state index in [9.17, 15) is 0 Å². The molecular formula is C19H29NO2. The fourth-order valence-corrected chi connectivity index (χ4v) is 3.62. The largest absolute Gasteiger partial charge is 0.381 e. The normalized spacial score (nSPS) is 23.5. The summed E-state index contributed by atoms with van der Waals surface area (Å²) in [4.78, 5) is 2.60. The van der Waals surface area contributed by atoms with E-state index in [1.807, 2.05) is 0 Å². The topological polar surface area (TPSA) is 21.7 Å². The van der Waals surface area contributed by atoms with Crippen molar-refractivity contribution in [1.29, 1.82) is 0 Å². The standard InChI is InChI=1S/C19H29NO2/c1-15-4-3-5-17(14-15)16(2)20-10-6-18(7-11-20)22-19-8-12-21-13-9-19/h3-5,14,16,18-19H,6-13H2,1-2H3/t16-/m0/s1. The van der Waals surface area contributed by atoms with Gasteiger partial charge in [-0.15, -0.1) is 0 Å². The zero-order valence-electron chi connectivity index (χ0n) is 14.0. The molecule has 1 atom stereocenters. The summed E-state index contributed by atoms with van der Waals surface area (Å²) in [5.74, 6) is 0. The van der Waals surface area contributed by atoms with Gasteiger partial charge in [-0.2, -0.15) is 0 Å². The van der Waals surface area contributed by atoms with Crippen LogP contribution in [0.25, 0.3) is 0 Å². The third kappa shape index (κ3) is 4.09. The lowest BCUT2D eigenvalue weighted by Crippen LogP contribution is -2.40. The summed E-state index contributed by atoms with van der Waals surface area (Å²) in [6.45, 7) is 8.52.